The second-order valence-corrected chi connectivity index (χ2v) is 6.45. The summed E-state index contributed by atoms with van der Waals surface area (Å²) in [6.07, 6.45) is 2.26. The normalized spacial score (nSPS) is 19.2. The van der Waals surface area contributed by atoms with E-state index in [1.54, 1.807) is 7.11 Å². The zero-order valence-electron chi connectivity index (χ0n) is 14.6. The number of benzene rings is 1. The first-order valence-corrected chi connectivity index (χ1v) is 8.50. The Hall–Kier alpha value is -3.08. The van der Waals surface area contributed by atoms with Gasteiger partial charge in [-0.25, -0.2) is 0 Å². The lowest BCUT2D eigenvalue weighted by atomic mass is 9.76. The first-order chi connectivity index (χ1) is 12.6. The third-order valence-corrected chi connectivity index (χ3v) is 5.11. The van der Waals surface area contributed by atoms with Gasteiger partial charge in [0.05, 0.1) is 19.9 Å². The Morgan fingerprint density at radius 3 is 2.58 bits per heavy atom. The molecule has 132 valence electrons. The monoisotopic (exact) mass is 349 g/mol. The number of ether oxygens (including phenoxy) is 2. The Labute approximate surface area is 151 Å². The van der Waals surface area contributed by atoms with Crippen LogP contribution >= 0.6 is 0 Å². The summed E-state index contributed by atoms with van der Waals surface area (Å²) in [5.41, 5.74) is 3.51. The maximum Gasteiger partial charge on any atom is 0.316 e. The smallest absolute Gasteiger partial charge is 0.316 e. The van der Waals surface area contributed by atoms with Crippen molar-refractivity contribution in [3.05, 3.63) is 71.5 Å². The van der Waals surface area contributed by atoms with Crippen molar-refractivity contribution in [2.75, 3.05) is 14.2 Å². The van der Waals surface area contributed by atoms with E-state index in [1.165, 1.54) is 7.11 Å². The highest BCUT2D eigenvalue weighted by atomic mass is 16.5. The number of ketones is 1. The van der Waals surface area contributed by atoms with E-state index < -0.39 is 11.9 Å². The van der Waals surface area contributed by atoms with E-state index >= 15 is 0 Å². The Bertz CT molecular complexity index is 987. The molecule has 0 spiro atoms. The fraction of sp³-hybridized carbons (Fsp3) is 0.238. The molecule has 0 bridgehead atoms. The lowest BCUT2D eigenvalue weighted by Crippen LogP contribution is -2.33. The number of fused-ring (bicyclic) bond motifs is 3. The highest BCUT2D eigenvalue weighted by molar-refractivity contribution is 6.10. The van der Waals surface area contributed by atoms with Crippen LogP contribution in [0.5, 0.6) is 5.75 Å². The predicted octanol–water partition coefficient (Wildman–Crippen LogP) is 3.46. The van der Waals surface area contributed by atoms with Crippen LogP contribution < -0.4 is 4.74 Å². The van der Waals surface area contributed by atoms with Crippen LogP contribution in [0.25, 0.3) is 5.52 Å². The third-order valence-electron chi connectivity index (χ3n) is 5.11. The van der Waals surface area contributed by atoms with Gasteiger partial charge in [-0.1, -0.05) is 18.2 Å². The fourth-order valence-corrected chi connectivity index (χ4v) is 3.80. The molecule has 0 unspecified atom stereocenters. The molecular formula is C21H19NO4. The van der Waals surface area contributed by atoms with Gasteiger partial charge in [0.15, 0.2) is 5.78 Å². The topological polar surface area (TPSA) is 57.0 Å². The lowest BCUT2D eigenvalue weighted by molar-refractivity contribution is -0.144. The molecule has 26 heavy (non-hydrogen) atoms. The summed E-state index contributed by atoms with van der Waals surface area (Å²) < 4.78 is 12.0. The molecule has 0 amide bonds. The molecule has 0 saturated carbocycles. The number of hydrogen-bond donors (Lipinski definition) is 0. The van der Waals surface area contributed by atoms with Gasteiger partial charge in [0.2, 0.25) is 0 Å². The van der Waals surface area contributed by atoms with Crippen molar-refractivity contribution in [1.29, 1.82) is 0 Å². The zero-order chi connectivity index (χ0) is 18.3. The third kappa shape index (κ3) is 2.47. The standard InChI is InChI=1S/C21H19NO4/c1-25-15-8-6-13(7-9-15)16-12-18(21(24)26-2)20(23)19-17(16)11-14-5-3-4-10-22(14)19/h3-11,16,18H,12H2,1-2H3/t16-,18+/m1/s1. The number of carbonyl (C=O) groups excluding carboxylic acids is 2. The van der Waals surface area contributed by atoms with E-state index in [0.717, 1.165) is 22.4 Å². The van der Waals surface area contributed by atoms with Gasteiger partial charge >= 0.3 is 5.97 Å². The number of aromatic nitrogens is 1. The van der Waals surface area contributed by atoms with Gasteiger partial charge in [0, 0.05) is 17.6 Å². The van der Waals surface area contributed by atoms with Crippen molar-refractivity contribution >= 4 is 17.3 Å². The summed E-state index contributed by atoms with van der Waals surface area (Å²) >= 11 is 0. The molecule has 3 aromatic rings. The van der Waals surface area contributed by atoms with Crippen molar-refractivity contribution in [1.82, 2.24) is 4.40 Å². The highest BCUT2D eigenvalue weighted by Crippen LogP contribution is 2.41. The van der Waals surface area contributed by atoms with E-state index in [0.29, 0.717) is 12.1 Å². The Morgan fingerprint density at radius 1 is 1.12 bits per heavy atom. The molecular weight excluding hydrogens is 330 g/mol. The van der Waals surface area contributed by atoms with Crippen LogP contribution in [0.15, 0.2) is 54.7 Å². The Kier molecular flexibility index (Phi) is 3.99. The molecule has 0 N–H and O–H groups in total. The van der Waals surface area contributed by atoms with Gasteiger partial charge in [-0.05, 0) is 47.9 Å². The van der Waals surface area contributed by atoms with E-state index in [9.17, 15) is 9.59 Å². The molecule has 5 heteroatoms. The van der Waals surface area contributed by atoms with Gasteiger partial charge in [0.1, 0.15) is 11.7 Å². The summed E-state index contributed by atoms with van der Waals surface area (Å²) in [4.78, 5) is 25.3. The van der Waals surface area contributed by atoms with Crippen LogP contribution in [0, 0.1) is 5.92 Å². The number of esters is 1. The first kappa shape index (κ1) is 16.4. The summed E-state index contributed by atoms with van der Waals surface area (Å²) in [6, 6.07) is 15.6. The van der Waals surface area contributed by atoms with Crippen LogP contribution in [-0.2, 0) is 9.53 Å². The predicted molar refractivity (Wildman–Crippen MR) is 96.7 cm³/mol. The maximum absolute atomic E-state index is 13.0. The molecule has 1 aromatic carbocycles. The number of methoxy groups -OCH3 is 2. The minimum atomic E-state index is -0.794. The SMILES string of the molecule is COC(=O)[C@H]1C[C@H](c2ccc(OC)cc2)c2cc3ccccn3c2C1=O. The largest absolute Gasteiger partial charge is 0.497 e. The average molecular weight is 349 g/mol. The molecule has 0 fully saturated rings. The molecule has 1 aliphatic carbocycles. The molecule has 4 rings (SSSR count). The average Bonchev–Trinajstić information content (AvgIpc) is 3.08. The number of Topliss-reactive ketones (excluding diaryl/α,β-unsaturated/α-hetero) is 1. The molecule has 2 heterocycles. The summed E-state index contributed by atoms with van der Waals surface area (Å²) in [7, 11) is 2.95. The second kappa shape index (κ2) is 6.33. The number of hydrogen-bond acceptors (Lipinski definition) is 4. The Morgan fingerprint density at radius 2 is 1.88 bits per heavy atom. The summed E-state index contributed by atoms with van der Waals surface area (Å²) in [5, 5.41) is 0. The van der Waals surface area contributed by atoms with Gasteiger partial charge in [-0.2, -0.15) is 0 Å². The summed E-state index contributed by atoms with van der Waals surface area (Å²) in [6.45, 7) is 0. The van der Waals surface area contributed by atoms with Crippen molar-refractivity contribution in [3.63, 3.8) is 0 Å². The number of carbonyl (C=O) groups is 2. The molecule has 2 aromatic heterocycles. The van der Waals surface area contributed by atoms with Crippen LogP contribution in [0.3, 0.4) is 0 Å². The maximum atomic E-state index is 13.0. The molecule has 2 atom stereocenters. The lowest BCUT2D eigenvalue weighted by Gasteiger charge is -2.27. The molecule has 5 nitrogen and oxygen atoms in total. The van der Waals surface area contributed by atoms with Gasteiger partial charge in [-0.3, -0.25) is 9.59 Å². The zero-order valence-corrected chi connectivity index (χ0v) is 14.6. The van der Waals surface area contributed by atoms with E-state index in [4.69, 9.17) is 9.47 Å². The van der Waals surface area contributed by atoms with Crippen molar-refractivity contribution < 1.29 is 19.1 Å². The van der Waals surface area contributed by atoms with E-state index in [2.05, 4.69) is 0 Å². The van der Waals surface area contributed by atoms with Crippen molar-refractivity contribution in [3.8, 4) is 5.75 Å². The number of rotatable bonds is 3. The Balaban J connectivity index is 1.89. The minimum Gasteiger partial charge on any atom is -0.497 e. The highest BCUT2D eigenvalue weighted by Gasteiger charge is 2.41. The van der Waals surface area contributed by atoms with Gasteiger partial charge in [0.25, 0.3) is 0 Å². The molecule has 1 aliphatic rings. The van der Waals surface area contributed by atoms with Crippen molar-refractivity contribution in [2.24, 2.45) is 5.92 Å². The molecule has 0 aliphatic heterocycles. The van der Waals surface area contributed by atoms with Crippen LogP contribution in [0.4, 0.5) is 0 Å². The van der Waals surface area contributed by atoms with Crippen LogP contribution in [-0.4, -0.2) is 30.4 Å². The minimum absolute atomic E-state index is 0.0578. The fourth-order valence-electron chi connectivity index (χ4n) is 3.80. The molecule has 0 saturated heterocycles. The first-order valence-electron chi connectivity index (χ1n) is 8.50. The van der Waals surface area contributed by atoms with Crippen LogP contribution in [0.1, 0.15) is 34.0 Å². The summed E-state index contributed by atoms with van der Waals surface area (Å²) in [5.74, 6) is -0.740. The number of pyridine rings is 1. The van der Waals surface area contributed by atoms with Crippen molar-refractivity contribution in [2.45, 2.75) is 12.3 Å². The van der Waals surface area contributed by atoms with Crippen LogP contribution in [0.2, 0.25) is 0 Å². The van der Waals surface area contributed by atoms with E-state index in [-0.39, 0.29) is 11.7 Å². The second-order valence-electron chi connectivity index (χ2n) is 6.45. The van der Waals surface area contributed by atoms with E-state index in [1.807, 2.05) is 59.1 Å². The van der Waals surface area contributed by atoms with Gasteiger partial charge in [-0.15, -0.1) is 0 Å². The number of nitrogens with zero attached hydrogens (tertiary/aromatic N) is 1. The van der Waals surface area contributed by atoms with Gasteiger partial charge < -0.3 is 13.9 Å². The quantitative estimate of drug-likeness (QED) is 0.537. The molecule has 0 radical (unpaired) electrons.